The second-order valence-electron chi connectivity index (χ2n) is 6.03. The predicted molar refractivity (Wildman–Crippen MR) is 83.9 cm³/mol. The summed E-state index contributed by atoms with van der Waals surface area (Å²) in [7, 11) is 0. The third-order valence-corrected chi connectivity index (χ3v) is 5.87. The Morgan fingerprint density at radius 1 is 1.45 bits per heavy atom. The van der Waals surface area contributed by atoms with Crippen molar-refractivity contribution in [1.82, 2.24) is 10.6 Å². The number of amides is 1. The molecular formula is C16H22N2OS. The molecule has 108 valence electrons. The smallest absolute Gasteiger partial charge is 0.237 e. The van der Waals surface area contributed by atoms with Gasteiger partial charge in [0, 0.05) is 17.8 Å². The van der Waals surface area contributed by atoms with E-state index in [2.05, 4.69) is 41.8 Å². The Labute approximate surface area is 124 Å². The highest BCUT2D eigenvalue weighted by Crippen LogP contribution is 2.36. The van der Waals surface area contributed by atoms with E-state index in [0.29, 0.717) is 0 Å². The summed E-state index contributed by atoms with van der Waals surface area (Å²) in [5, 5.41) is 6.49. The largest absolute Gasteiger partial charge is 0.353 e. The van der Waals surface area contributed by atoms with Crippen molar-refractivity contribution in [2.75, 3.05) is 12.3 Å². The van der Waals surface area contributed by atoms with Crippen molar-refractivity contribution in [3.8, 4) is 0 Å². The summed E-state index contributed by atoms with van der Waals surface area (Å²) in [5.74, 6) is 1.37. The maximum Gasteiger partial charge on any atom is 0.237 e. The van der Waals surface area contributed by atoms with Crippen molar-refractivity contribution in [3.05, 3.63) is 35.4 Å². The van der Waals surface area contributed by atoms with Gasteiger partial charge in [0.1, 0.15) is 0 Å². The summed E-state index contributed by atoms with van der Waals surface area (Å²) >= 11 is 1.99. The van der Waals surface area contributed by atoms with Crippen molar-refractivity contribution in [1.29, 1.82) is 0 Å². The molecule has 1 amide bonds. The van der Waals surface area contributed by atoms with E-state index >= 15 is 0 Å². The minimum absolute atomic E-state index is 0.0834. The van der Waals surface area contributed by atoms with Crippen molar-refractivity contribution in [2.45, 2.75) is 43.5 Å². The highest BCUT2D eigenvalue weighted by Gasteiger charge is 2.31. The molecule has 1 fully saturated rings. The fourth-order valence-electron chi connectivity index (χ4n) is 3.01. The number of carbonyl (C=O) groups is 1. The van der Waals surface area contributed by atoms with Gasteiger partial charge in [-0.15, -0.1) is 0 Å². The highest BCUT2D eigenvalue weighted by atomic mass is 32.2. The molecule has 0 aliphatic carbocycles. The predicted octanol–water partition coefficient (Wildman–Crippen LogP) is 2.10. The number of thioether (sulfide) groups is 1. The molecule has 1 saturated heterocycles. The molecule has 2 atom stereocenters. The van der Waals surface area contributed by atoms with Crippen molar-refractivity contribution in [2.24, 2.45) is 0 Å². The van der Waals surface area contributed by atoms with E-state index in [4.69, 9.17) is 0 Å². The van der Waals surface area contributed by atoms with Crippen LogP contribution in [0, 0.1) is 0 Å². The molecule has 20 heavy (non-hydrogen) atoms. The zero-order chi connectivity index (χ0) is 14.0. The number of hydrogen-bond acceptors (Lipinski definition) is 3. The highest BCUT2D eigenvalue weighted by molar-refractivity contribution is 8.00. The summed E-state index contributed by atoms with van der Waals surface area (Å²) in [6.45, 7) is 3.84. The monoisotopic (exact) mass is 290 g/mol. The van der Waals surface area contributed by atoms with Gasteiger partial charge in [-0.25, -0.2) is 0 Å². The van der Waals surface area contributed by atoms with Crippen LogP contribution in [0.15, 0.2) is 24.3 Å². The Bertz CT molecular complexity index is 497. The zero-order valence-corrected chi connectivity index (χ0v) is 12.8. The number of carbonyl (C=O) groups excluding carboxylic acids is 1. The van der Waals surface area contributed by atoms with E-state index < -0.39 is 0 Å². The summed E-state index contributed by atoms with van der Waals surface area (Å²) in [6, 6.07) is 8.28. The van der Waals surface area contributed by atoms with E-state index in [9.17, 15) is 4.79 Å². The van der Waals surface area contributed by atoms with Crippen LogP contribution in [-0.4, -0.2) is 29.0 Å². The van der Waals surface area contributed by atoms with E-state index in [1.807, 2.05) is 11.8 Å². The molecule has 3 nitrogen and oxygen atoms in total. The summed E-state index contributed by atoms with van der Waals surface area (Å²) < 4.78 is 0.238. The molecule has 3 rings (SSSR count). The summed E-state index contributed by atoms with van der Waals surface area (Å²) in [4.78, 5) is 12.3. The second-order valence-corrected chi connectivity index (χ2v) is 7.71. The molecule has 1 aromatic carbocycles. The van der Waals surface area contributed by atoms with Crippen molar-refractivity contribution in [3.63, 3.8) is 0 Å². The van der Waals surface area contributed by atoms with Crippen LogP contribution < -0.4 is 10.6 Å². The second kappa shape index (κ2) is 5.78. The Kier molecular flexibility index (Phi) is 4.03. The Morgan fingerprint density at radius 2 is 2.25 bits per heavy atom. The molecule has 1 aromatic rings. The van der Waals surface area contributed by atoms with Crippen LogP contribution in [0.5, 0.6) is 0 Å². The molecule has 2 heterocycles. The topological polar surface area (TPSA) is 41.1 Å². The average molecular weight is 290 g/mol. The van der Waals surface area contributed by atoms with Crippen LogP contribution in [0.3, 0.4) is 0 Å². The fourth-order valence-corrected chi connectivity index (χ4v) is 4.26. The maximum atomic E-state index is 12.3. The molecule has 0 spiro atoms. The van der Waals surface area contributed by atoms with Gasteiger partial charge in [0.05, 0.1) is 6.04 Å². The van der Waals surface area contributed by atoms with E-state index in [-0.39, 0.29) is 16.7 Å². The van der Waals surface area contributed by atoms with Gasteiger partial charge in [0.2, 0.25) is 5.91 Å². The molecule has 0 radical (unpaired) electrons. The van der Waals surface area contributed by atoms with Gasteiger partial charge in [0.15, 0.2) is 0 Å². The van der Waals surface area contributed by atoms with E-state index in [0.717, 1.165) is 19.5 Å². The maximum absolute atomic E-state index is 12.3. The van der Waals surface area contributed by atoms with Gasteiger partial charge in [-0.2, -0.15) is 11.8 Å². The van der Waals surface area contributed by atoms with Crippen LogP contribution in [0.4, 0.5) is 0 Å². The number of fused-ring (bicyclic) bond motifs is 1. The summed E-state index contributed by atoms with van der Waals surface area (Å²) in [5.41, 5.74) is 2.61. The van der Waals surface area contributed by atoms with Gasteiger partial charge >= 0.3 is 0 Å². The third kappa shape index (κ3) is 3.01. The summed E-state index contributed by atoms with van der Waals surface area (Å²) in [6.07, 6.45) is 3.27. The number of rotatable bonds is 3. The van der Waals surface area contributed by atoms with Crippen LogP contribution >= 0.6 is 11.8 Å². The first-order chi connectivity index (χ1) is 9.66. The molecule has 2 aliphatic rings. The zero-order valence-electron chi connectivity index (χ0n) is 11.9. The number of benzene rings is 1. The van der Waals surface area contributed by atoms with Crippen LogP contribution in [0.2, 0.25) is 0 Å². The van der Waals surface area contributed by atoms with Gasteiger partial charge in [-0.1, -0.05) is 24.3 Å². The number of nitrogens with one attached hydrogen (secondary N) is 2. The lowest BCUT2D eigenvalue weighted by molar-refractivity contribution is -0.123. The van der Waals surface area contributed by atoms with Gasteiger partial charge in [-0.05, 0) is 43.1 Å². The van der Waals surface area contributed by atoms with E-state index in [1.165, 1.54) is 29.7 Å². The Balaban J connectivity index is 1.56. The van der Waals surface area contributed by atoms with Crippen molar-refractivity contribution >= 4 is 17.7 Å². The molecule has 4 heteroatoms. The molecule has 2 aliphatic heterocycles. The Morgan fingerprint density at radius 3 is 3.00 bits per heavy atom. The lowest BCUT2D eigenvalue weighted by Gasteiger charge is -2.28. The first kappa shape index (κ1) is 14.0. The minimum atomic E-state index is -0.0834. The first-order valence-corrected chi connectivity index (χ1v) is 8.37. The molecule has 1 unspecified atom stereocenters. The lowest BCUT2D eigenvalue weighted by atomic mass is 9.95. The van der Waals surface area contributed by atoms with E-state index in [1.54, 1.807) is 0 Å². The minimum Gasteiger partial charge on any atom is -0.353 e. The lowest BCUT2D eigenvalue weighted by Crippen LogP contribution is -2.50. The van der Waals surface area contributed by atoms with Crippen molar-refractivity contribution < 1.29 is 4.79 Å². The van der Waals surface area contributed by atoms with Gasteiger partial charge in [0.25, 0.3) is 0 Å². The third-order valence-electron chi connectivity index (χ3n) is 4.33. The molecule has 0 saturated carbocycles. The Hall–Kier alpha value is -1.00. The average Bonchev–Trinajstić information content (AvgIpc) is 2.91. The standard InChI is InChI=1S/C16H22N2OS/c1-16(7-4-8-20-16)11-18-15(19)14-9-12-5-2-3-6-13(12)10-17-14/h2-3,5-6,14,17H,4,7-11H2,1H3,(H,18,19)/t14-,16?/m0/s1. The quantitative estimate of drug-likeness (QED) is 0.896. The van der Waals surface area contributed by atoms with Crippen LogP contribution in [-0.2, 0) is 17.8 Å². The van der Waals surface area contributed by atoms with Gasteiger partial charge < -0.3 is 10.6 Å². The van der Waals surface area contributed by atoms with Crippen LogP contribution in [0.25, 0.3) is 0 Å². The van der Waals surface area contributed by atoms with Crippen LogP contribution in [0.1, 0.15) is 30.9 Å². The molecule has 0 bridgehead atoms. The first-order valence-electron chi connectivity index (χ1n) is 7.38. The molecule has 0 aromatic heterocycles. The molecular weight excluding hydrogens is 268 g/mol. The normalized spacial score (nSPS) is 28.9. The van der Waals surface area contributed by atoms with Gasteiger partial charge in [-0.3, -0.25) is 4.79 Å². The number of hydrogen-bond donors (Lipinski definition) is 2. The molecule has 2 N–H and O–H groups in total. The SMILES string of the molecule is CC1(CNC(=O)[C@@H]2Cc3ccccc3CN2)CCCS1. The fraction of sp³-hybridized carbons (Fsp3) is 0.562.